The van der Waals surface area contributed by atoms with Crippen molar-refractivity contribution in [1.29, 1.82) is 0 Å². The second kappa shape index (κ2) is 6.66. The summed E-state index contributed by atoms with van der Waals surface area (Å²) in [5, 5.41) is 0. The molecule has 0 fully saturated rings. The van der Waals surface area contributed by atoms with Crippen molar-refractivity contribution in [2.24, 2.45) is 0 Å². The van der Waals surface area contributed by atoms with E-state index < -0.39 is 0 Å². The van der Waals surface area contributed by atoms with Gasteiger partial charge in [0.2, 0.25) is 0 Å². The van der Waals surface area contributed by atoms with Gasteiger partial charge in [0.15, 0.2) is 0 Å². The SMILES string of the molecule is COC(=O)/C=C/C(=C(Br)Br)c1ccccc1. The molecule has 0 radical (unpaired) electrons. The minimum atomic E-state index is -0.380. The van der Waals surface area contributed by atoms with E-state index in [0.717, 1.165) is 14.5 Å². The summed E-state index contributed by atoms with van der Waals surface area (Å²) >= 11 is 6.69. The van der Waals surface area contributed by atoms with Gasteiger partial charge in [-0.1, -0.05) is 30.3 Å². The Labute approximate surface area is 111 Å². The molecule has 16 heavy (non-hydrogen) atoms. The fraction of sp³-hybridized carbons (Fsp3) is 0.0833. The van der Waals surface area contributed by atoms with Gasteiger partial charge in [-0.25, -0.2) is 4.79 Å². The fourth-order valence-electron chi connectivity index (χ4n) is 1.11. The average Bonchev–Trinajstić information content (AvgIpc) is 2.30. The Morgan fingerprint density at radius 3 is 2.31 bits per heavy atom. The van der Waals surface area contributed by atoms with E-state index in [0.29, 0.717) is 0 Å². The maximum absolute atomic E-state index is 11.0. The van der Waals surface area contributed by atoms with E-state index in [1.165, 1.54) is 13.2 Å². The molecular formula is C12H10Br2O2. The molecule has 1 aromatic rings. The summed E-state index contributed by atoms with van der Waals surface area (Å²) in [5.41, 5.74) is 1.89. The lowest BCUT2D eigenvalue weighted by Gasteiger charge is -2.02. The summed E-state index contributed by atoms with van der Waals surface area (Å²) in [7, 11) is 1.35. The quantitative estimate of drug-likeness (QED) is 0.472. The molecule has 0 bridgehead atoms. The molecule has 0 amide bonds. The van der Waals surface area contributed by atoms with Crippen LogP contribution in [0.25, 0.3) is 5.57 Å². The van der Waals surface area contributed by atoms with Crippen molar-refractivity contribution < 1.29 is 9.53 Å². The number of carbonyl (C=O) groups is 1. The number of esters is 1. The van der Waals surface area contributed by atoms with Crippen LogP contribution in [0.5, 0.6) is 0 Å². The van der Waals surface area contributed by atoms with Crippen molar-refractivity contribution in [1.82, 2.24) is 0 Å². The largest absolute Gasteiger partial charge is 0.466 e. The first-order valence-corrected chi connectivity index (χ1v) is 6.10. The summed E-state index contributed by atoms with van der Waals surface area (Å²) in [6, 6.07) is 9.72. The van der Waals surface area contributed by atoms with E-state index in [9.17, 15) is 4.79 Å². The Morgan fingerprint density at radius 1 is 1.19 bits per heavy atom. The normalized spacial score (nSPS) is 10.2. The monoisotopic (exact) mass is 344 g/mol. The Balaban J connectivity index is 3.00. The molecule has 0 aliphatic rings. The Morgan fingerprint density at radius 2 is 1.81 bits per heavy atom. The van der Waals surface area contributed by atoms with Crippen LogP contribution in [0, 0.1) is 0 Å². The van der Waals surface area contributed by atoms with Crippen LogP contribution in [-0.2, 0) is 9.53 Å². The maximum atomic E-state index is 11.0. The van der Waals surface area contributed by atoms with Crippen LogP contribution in [0.1, 0.15) is 5.56 Å². The maximum Gasteiger partial charge on any atom is 0.330 e. The van der Waals surface area contributed by atoms with Crippen molar-refractivity contribution >= 4 is 43.4 Å². The zero-order chi connectivity index (χ0) is 12.0. The van der Waals surface area contributed by atoms with Gasteiger partial charge in [0, 0.05) is 11.6 Å². The Kier molecular flexibility index (Phi) is 5.49. The van der Waals surface area contributed by atoms with Crippen LogP contribution < -0.4 is 0 Å². The highest BCUT2D eigenvalue weighted by Gasteiger charge is 2.02. The fourth-order valence-corrected chi connectivity index (χ4v) is 1.83. The highest BCUT2D eigenvalue weighted by atomic mass is 79.9. The first-order valence-electron chi connectivity index (χ1n) is 4.52. The third-order valence-electron chi connectivity index (χ3n) is 1.88. The summed E-state index contributed by atoms with van der Waals surface area (Å²) in [6.07, 6.45) is 3.07. The van der Waals surface area contributed by atoms with Gasteiger partial charge in [0.05, 0.1) is 10.5 Å². The first-order chi connectivity index (χ1) is 7.65. The number of methoxy groups -OCH3 is 1. The third kappa shape index (κ3) is 3.94. The summed E-state index contributed by atoms with van der Waals surface area (Å²) in [6.45, 7) is 0. The molecule has 0 spiro atoms. The molecule has 0 aliphatic heterocycles. The van der Waals surface area contributed by atoms with Gasteiger partial charge in [0.25, 0.3) is 0 Å². The second-order valence-electron chi connectivity index (χ2n) is 2.90. The van der Waals surface area contributed by atoms with Crippen molar-refractivity contribution in [2.75, 3.05) is 7.11 Å². The minimum absolute atomic E-state index is 0.380. The molecule has 0 saturated heterocycles. The van der Waals surface area contributed by atoms with Gasteiger partial charge < -0.3 is 4.74 Å². The molecular weight excluding hydrogens is 336 g/mol. The van der Waals surface area contributed by atoms with Crippen LogP contribution in [0.15, 0.2) is 45.9 Å². The summed E-state index contributed by atoms with van der Waals surface area (Å²) in [4.78, 5) is 11.0. The number of rotatable bonds is 3. The molecule has 0 N–H and O–H groups in total. The third-order valence-corrected chi connectivity index (χ3v) is 2.73. The highest BCUT2D eigenvalue weighted by Crippen LogP contribution is 2.28. The van der Waals surface area contributed by atoms with Gasteiger partial charge in [-0.15, -0.1) is 0 Å². The molecule has 0 unspecified atom stereocenters. The van der Waals surface area contributed by atoms with Crippen LogP contribution in [0.3, 0.4) is 0 Å². The second-order valence-corrected chi connectivity index (χ2v) is 5.55. The first kappa shape index (κ1) is 13.2. The molecule has 0 heterocycles. The molecule has 1 rings (SSSR count). The van der Waals surface area contributed by atoms with Gasteiger partial charge in [-0.3, -0.25) is 0 Å². The zero-order valence-electron chi connectivity index (χ0n) is 8.61. The smallest absolute Gasteiger partial charge is 0.330 e. The zero-order valence-corrected chi connectivity index (χ0v) is 11.8. The lowest BCUT2D eigenvalue weighted by atomic mass is 10.1. The lowest BCUT2D eigenvalue weighted by molar-refractivity contribution is -0.134. The molecule has 1 aromatic carbocycles. The summed E-state index contributed by atoms with van der Waals surface area (Å²) < 4.78 is 5.32. The van der Waals surface area contributed by atoms with Gasteiger partial charge in [0.1, 0.15) is 0 Å². The number of allylic oxidation sites excluding steroid dienone is 2. The predicted molar refractivity (Wildman–Crippen MR) is 72.4 cm³/mol. The number of ether oxygens (including phenoxy) is 1. The van der Waals surface area contributed by atoms with Gasteiger partial charge in [-0.05, 0) is 43.5 Å². The predicted octanol–water partition coefficient (Wildman–Crippen LogP) is 3.87. The van der Waals surface area contributed by atoms with Crippen LogP contribution in [0.2, 0.25) is 0 Å². The van der Waals surface area contributed by atoms with E-state index in [1.807, 2.05) is 30.3 Å². The average molecular weight is 346 g/mol. The van der Waals surface area contributed by atoms with Gasteiger partial charge >= 0.3 is 5.97 Å². The molecule has 84 valence electrons. The van der Waals surface area contributed by atoms with Crippen LogP contribution in [0.4, 0.5) is 0 Å². The summed E-state index contributed by atoms with van der Waals surface area (Å²) in [5.74, 6) is -0.380. The standard InChI is InChI=1S/C12H10Br2O2/c1-16-11(15)8-7-10(12(13)14)9-5-3-2-4-6-9/h2-8H,1H3/b8-7+. The van der Waals surface area contributed by atoms with E-state index in [-0.39, 0.29) is 5.97 Å². The topological polar surface area (TPSA) is 26.3 Å². The van der Waals surface area contributed by atoms with E-state index in [1.54, 1.807) is 6.08 Å². The Bertz CT molecular complexity index is 418. The lowest BCUT2D eigenvalue weighted by Crippen LogP contribution is -1.94. The van der Waals surface area contributed by atoms with E-state index in [2.05, 4.69) is 36.6 Å². The molecule has 0 atom stereocenters. The van der Waals surface area contributed by atoms with Crippen molar-refractivity contribution in [3.63, 3.8) is 0 Å². The number of hydrogen-bond acceptors (Lipinski definition) is 2. The Hall–Kier alpha value is -0.870. The van der Waals surface area contributed by atoms with Crippen LogP contribution >= 0.6 is 31.9 Å². The van der Waals surface area contributed by atoms with Gasteiger partial charge in [-0.2, -0.15) is 0 Å². The van der Waals surface area contributed by atoms with Crippen molar-refractivity contribution in [2.45, 2.75) is 0 Å². The number of hydrogen-bond donors (Lipinski definition) is 0. The highest BCUT2D eigenvalue weighted by molar-refractivity contribution is 9.28. The van der Waals surface area contributed by atoms with E-state index in [4.69, 9.17) is 0 Å². The minimum Gasteiger partial charge on any atom is -0.466 e. The van der Waals surface area contributed by atoms with E-state index >= 15 is 0 Å². The molecule has 0 aliphatic carbocycles. The molecule has 0 aromatic heterocycles. The molecule has 4 heteroatoms. The molecule has 0 saturated carbocycles. The number of carbonyl (C=O) groups excluding carboxylic acids is 1. The van der Waals surface area contributed by atoms with Crippen LogP contribution in [-0.4, -0.2) is 13.1 Å². The van der Waals surface area contributed by atoms with Crippen molar-refractivity contribution in [3.8, 4) is 0 Å². The number of benzene rings is 1. The van der Waals surface area contributed by atoms with Crippen molar-refractivity contribution in [3.05, 3.63) is 51.4 Å². The molecule has 2 nitrogen and oxygen atoms in total. The number of halogens is 2.